The largest absolute Gasteiger partial charge is 0.416 e. The van der Waals surface area contributed by atoms with E-state index in [0.29, 0.717) is 48.2 Å². The van der Waals surface area contributed by atoms with Gasteiger partial charge in [0.2, 0.25) is 0 Å². The van der Waals surface area contributed by atoms with E-state index in [0.717, 1.165) is 12.1 Å². The van der Waals surface area contributed by atoms with Crippen molar-refractivity contribution < 1.29 is 26.9 Å². The van der Waals surface area contributed by atoms with E-state index in [1.807, 2.05) is 0 Å². The first-order valence-corrected chi connectivity index (χ1v) is 11.3. The minimum atomic E-state index is -4.81. The van der Waals surface area contributed by atoms with Gasteiger partial charge in [-0.05, 0) is 55.7 Å². The van der Waals surface area contributed by atoms with E-state index >= 15 is 0 Å². The highest BCUT2D eigenvalue weighted by atomic mass is 35.5. The fourth-order valence-electron chi connectivity index (χ4n) is 5.29. The minimum absolute atomic E-state index is 0.0237. The quantitative estimate of drug-likeness (QED) is 0.416. The number of rotatable bonds is 6. The van der Waals surface area contributed by atoms with Crippen molar-refractivity contribution in [3.63, 3.8) is 0 Å². The van der Waals surface area contributed by atoms with Crippen molar-refractivity contribution >= 4 is 17.6 Å². The summed E-state index contributed by atoms with van der Waals surface area (Å²) in [6.07, 6.45) is -1.47. The van der Waals surface area contributed by atoms with E-state index in [9.17, 15) is 22.4 Å². The predicted octanol–water partition coefficient (Wildman–Crippen LogP) is 5.70. The average Bonchev–Trinajstić information content (AvgIpc) is 3.40. The Morgan fingerprint density at radius 2 is 1.86 bits per heavy atom. The molecule has 2 heterocycles. The molecule has 0 saturated heterocycles. The summed E-state index contributed by atoms with van der Waals surface area (Å²) in [6, 6.07) is 6.26. The fraction of sp³-hybridized carbons (Fsp3) is 0.375. The number of carbonyl (C=O) groups excluding carboxylic acids is 1. The number of aryl methyl sites for hydroxylation is 1. The molecule has 1 saturated carbocycles. The Morgan fingerprint density at radius 3 is 2.40 bits per heavy atom. The van der Waals surface area contributed by atoms with E-state index in [-0.39, 0.29) is 17.7 Å². The lowest BCUT2D eigenvalue weighted by Crippen LogP contribution is -2.63. The zero-order valence-electron chi connectivity index (χ0n) is 18.8. The second-order valence-electron chi connectivity index (χ2n) is 8.88. The molecule has 3 aromatic rings. The van der Waals surface area contributed by atoms with Gasteiger partial charge in [0.05, 0.1) is 32.9 Å². The molecule has 0 bridgehead atoms. The van der Waals surface area contributed by atoms with Gasteiger partial charge in [-0.2, -0.15) is 13.2 Å². The second kappa shape index (κ2) is 9.14. The Labute approximate surface area is 203 Å². The van der Waals surface area contributed by atoms with Gasteiger partial charge in [0, 0.05) is 18.7 Å². The molecule has 1 aromatic carbocycles. The number of nitrogens with two attached hydrogens (primary N) is 1. The zero-order valence-corrected chi connectivity index (χ0v) is 19.5. The first kappa shape index (κ1) is 25.0. The van der Waals surface area contributed by atoms with Gasteiger partial charge in [0.1, 0.15) is 11.6 Å². The first-order valence-electron chi connectivity index (χ1n) is 11.0. The van der Waals surface area contributed by atoms with Crippen molar-refractivity contribution in [2.45, 2.75) is 56.2 Å². The molecule has 0 spiro atoms. The monoisotopic (exact) mass is 510 g/mol. The Bertz CT molecular complexity index is 1220. The number of primary amides is 1. The van der Waals surface area contributed by atoms with Crippen LogP contribution >= 0.6 is 11.6 Å². The number of benzene rings is 1. The maximum absolute atomic E-state index is 14.8. The molecular formula is C24H23ClF4N4O2. The number of hydrogen-bond donors (Lipinski definition) is 2. The van der Waals surface area contributed by atoms with Crippen molar-refractivity contribution in [2.24, 2.45) is 5.73 Å². The highest BCUT2D eigenvalue weighted by molar-refractivity contribution is 6.30. The predicted molar refractivity (Wildman–Crippen MR) is 120 cm³/mol. The van der Waals surface area contributed by atoms with Crippen molar-refractivity contribution in [2.75, 3.05) is 0 Å². The van der Waals surface area contributed by atoms with Crippen LogP contribution in [0.1, 0.15) is 54.0 Å². The summed E-state index contributed by atoms with van der Waals surface area (Å²) in [5.41, 5.74) is 2.53. The maximum Gasteiger partial charge on any atom is 0.416 e. The van der Waals surface area contributed by atoms with Crippen LogP contribution in [0.2, 0.25) is 5.02 Å². The third kappa shape index (κ3) is 4.71. The number of alkyl halides is 3. The number of urea groups is 1. The van der Waals surface area contributed by atoms with E-state index in [4.69, 9.17) is 21.9 Å². The van der Waals surface area contributed by atoms with E-state index in [1.165, 1.54) is 6.20 Å². The molecule has 1 aliphatic carbocycles. The molecule has 4 rings (SSSR count). The summed E-state index contributed by atoms with van der Waals surface area (Å²) in [5.74, 6) is -0.747. The normalized spacial score (nSPS) is 17.2. The number of carbonyl (C=O) groups is 1. The van der Waals surface area contributed by atoms with Gasteiger partial charge in [-0.15, -0.1) is 0 Å². The molecule has 0 aliphatic heterocycles. The van der Waals surface area contributed by atoms with Gasteiger partial charge in [-0.3, -0.25) is 4.98 Å². The van der Waals surface area contributed by atoms with Crippen molar-refractivity contribution in [3.8, 4) is 0 Å². The van der Waals surface area contributed by atoms with E-state index in [2.05, 4.69) is 15.5 Å². The Kier molecular flexibility index (Phi) is 6.52. The number of amides is 2. The summed E-state index contributed by atoms with van der Waals surface area (Å²) in [4.78, 5) is 16.7. The fourth-order valence-corrected chi connectivity index (χ4v) is 5.40. The van der Waals surface area contributed by atoms with Crippen LogP contribution in [0.25, 0.3) is 0 Å². The molecule has 2 aromatic heterocycles. The summed E-state index contributed by atoms with van der Waals surface area (Å²) in [5, 5.41) is 7.02. The van der Waals surface area contributed by atoms with Gasteiger partial charge in [0.15, 0.2) is 0 Å². The van der Waals surface area contributed by atoms with Gasteiger partial charge in [-0.25, -0.2) is 9.18 Å². The van der Waals surface area contributed by atoms with Crippen LogP contribution in [-0.2, 0) is 18.0 Å². The summed E-state index contributed by atoms with van der Waals surface area (Å²) in [6.45, 7) is 1.70. The molecule has 2 amide bonds. The molecular weight excluding hydrogens is 488 g/mol. The van der Waals surface area contributed by atoms with Crippen LogP contribution in [0.15, 0.2) is 47.1 Å². The zero-order chi connectivity index (χ0) is 25.4. The molecule has 35 heavy (non-hydrogen) atoms. The van der Waals surface area contributed by atoms with Gasteiger partial charge in [0.25, 0.3) is 0 Å². The summed E-state index contributed by atoms with van der Waals surface area (Å²) < 4.78 is 61.6. The minimum Gasteiger partial charge on any atom is -0.361 e. The Hall–Kier alpha value is -3.14. The third-order valence-corrected chi connectivity index (χ3v) is 6.86. The number of pyridine rings is 1. The average molecular weight is 511 g/mol. The molecule has 11 heteroatoms. The molecule has 0 radical (unpaired) electrons. The van der Waals surface area contributed by atoms with Crippen LogP contribution in [0, 0.1) is 12.7 Å². The molecule has 1 aliphatic rings. The van der Waals surface area contributed by atoms with Crippen molar-refractivity contribution in [3.05, 3.63) is 81.7 Å². The SMILES string of the molecule is Cc1cc(CC(c2cc(F)cc(C(F)(F)F)c2)(c2ccc(Cl)cn2)C2(NC(N)=O)CCCC2)on1. The highest BCUT2D eigenvalue weighted by Gasteiger charge is 2.57. The van der Waals surface area contributed by atoms with Gasteiger partial charge < -0.3 is 15.6 Å². The molecule has 1 fully saturated rings. The third-order valence-electron chi connectivity index (χ3n) is 6.64. The number of nitrogens with zero attached hydrogens (tertiary/aromatic N) is 2. The molecule has 1 unspecified atom stereocenters. The number of aromatic nitrogens is 2. The smallest absolute Gasteiger partial charge is 0.361 e. The summed E-state index contributed by atoms with van der Waals surface area (Å²) >= 11 is 6.07. The topological polar surface area (TPSA) is 94.0 Å². The molecule has 6 nitrogen and oxygen atoms in total. The first-order chi connectivity index (χ1) is 16.4. The number of nitrogens with one attached hydrogen (secondary N) is 1. The van der Waals surface area contributed by atoms with Gasteiger partial charge >= 0.3 is 12.2 Å². The van der Waals surface area contributed by atoms with Gasteiger partial charge in [-0.1, -0.05) is 29.6 Å². The Balaban J connectivity index is 2.10. The molecule has 1 atom stereocenters. The maximum atomic E-state index is 14.8. The lowest BCUT2D eigenvalue weighted by atomic mass is 9.59. The van der Waals surface area contributed by atoms with Crippen LogP contribution in [0.5, 0.6) is 0 Å². The molecule has 3 N–H and O–H groups in total. The highest BCUT2D eigenvalue weighted by Crippen LogP contribution is 2.52. The summed E-state index contributed by atoms with van der Waals surface area (Å²) in [7, 11) is 0. The second-order valence-corrected chi connectivity index (χ2v) is 9.32. The van der Waals surface area contributed by atoms with Crippen molar-refractivity contribution in [1.29, 1.82) is 0 Å². The standard InChI is InChI=1S/C24H23ClF4N4O2/c1-14-8-19(35-33-14)12-23(20-5-4-17(25)13-31-20,22(32-21(30)34)6-2-3-7-22)15-9-16(24(27,28)29)11-18(26)10-15/h4-5,8-11,13H,2-3,6-7,12H2,1H3,(H3,30,32,34). The number of hydrogen-bond acceptors (Lipinski definition) is 4. The van der Waals surface area contributed by atoms with E-state index in [1.54, 1.807) is 25.1 Å². The van der Waals surface area contributed by atoms with Crippen LogP contribution in [0.3, 0.4) is 0 Å². The molecule has 186 valence electrons. The van der Waals surface area contributed by atoms with Crippen LogP contribution in [-0.4, -0.2) is 21.7 Å². The van der Waals surface area contributed by atoms with Crippen LogP contribution in [0.4, 0.5) is 22.4 Å². The number of halogens is 5. The van der Waals surface area contributed by atoms with Crippen molar-refractivity contribution in [1.82, 2.24) is 15.5 Å². The lowest BCUT2D eigenvalue weighted by molar-refractivity contribution is -0.137. The Morgan fingerprint density at radius 1 is 1.17 bits per heavy atom. The lowest BCUT2D eigenvalue weighted by Gasteiger charge is -2.49. The van der Waals surface area contributed by atoms with Crippen LogP contribution < -0.4 is 11.1 Å². The van der Waals surface area contributed by atoms with E-state index < -0.39 is 34.5 Å².